The van der Waals surface area contributed by atoms with Gasteiger partial charge in [0.2, 0.25) is 0 Å². The average molecular weight is 193 g/mol. The van der Waals surface area contributed by atoms with Gasteiger partial charge in [-0.15, -0.1) is 23.2 Å². The van der Waals surface area contributed by atoms with Gasteiger partial charge < -0.3 is 0 Å². The van der Waals surface area contributed by atoms with E-state index < -0.39 is 0 Å². The van der Waals surface area contributed by atoms with Crippen molar-refractivity contribution in [2.75, 3.05) is 5.88 Å². The summed E-state index contributed by atoms with van der Waals surface area (Å²) >= 11 is 11.0. The summed E-state index contributed by atoms with van der Waals surface area (Å²) in [4.78, 5) is 10.3. The van der Waals surface area contributed by atoms with Crippen molar-refractivity contribution in [3.8, 4) is 0 Å². The summed E-state index contributed by atoms with van der Waals surface area (Å²) in [5, 5.41) is -0.129. The minimum absolute atomic E-state index is 0.129. The highest BCUT2D eigenvalue weighted by molar-refractivity contribution is 6.21. The second-order valence-corrected chi connectivity index (χ2v) is 3.02. The Morgan fingerprint density at radius 2 is 2.27 bits per heavy atom. The Bertz CT molecular complexity index is 171. The number of carbonyl (C=O) groups is 1. The van der Waals surface area contributed by atoms with Crippen molar-refractivity contribution in [2.45, 2.75) is 12.3 Å². The molecule has 0 aliphatic carbocycles. The van der Waals surface area contributed by atoms with Gasteiger partial charge in [-0.2, -0.15) is 0 Å². The number of aldehydes is 1. The summed E-state index contributed by atoms with van der Waals surface area (Å²) in [5.41, 5.74) is 0.563. The first-order chi connectivity index (χ1) is 5.20. The van der Waals surface area contributed by atoms with Gasteiger partial charge in [-0.3, -0.25) is 4.79 Å². The van der Waals surface area contributed by atoms with Gasteiger partial charge in [0, 0.05) is 16.8 Å². The fourth-order valence-corrected chi connectivity index (χ4v) is 0.815. The van der Waals surface area contributed by atoms with Crippen LogP contribution < -0.4 is 0 Å². The zero-order chi connectivity index (χ0) is 8.69. The number of rotatable bonds is 4. The molecule has 3 heteroatoms. The smallest absolute Gasteiger partial charge is 0.149 e. The van der Waals surface area contributed by atoms with Gasteiger partial charge in [0.15, 0.2) is 0 Å². The number of carbonyl (C=O) groups excluding carboxylic acids is 1. The molecule has 0 saturated heterocycles. The summed E-state index contributed by atoms with van der Waals surface area (Å²) in [5.74, 6) is 0.405. The Hall–Kier alpha value is -0.270. The van der Waals surface area contributed by atoms with Crippen LogP contribution >= 0.6 is 23.2 Å². The molecule has 0 aromatic heterocycles. The number of allylic oxidation sites excluding steroid dienone is 4. The van der Waals surface area contributed by atoms with E-state index in [-0.39, 0.29) is 5.38 Å². The molecule has 0 amide bonds. The third-order valence-corrected chi connectivity index (χ3v) is 1.26. The van der Waals surface area contributed by atoms with Crippen LogP contribution in [0.25, 0.3) is 0 Å². The van der Waals surface area contributed by atoms with Crippen LogP contribution in [0.3, 0.4) is 0 Å². The quantitative estimate of drug-likeness (QED) is 0.290. The van der Waals surface area contributed by atoms with Crippen molar-refractivity contribution in [3.63, 3.8) is 0 Å². The first-order valence-corrected chi connectivity index (χ1v) is 4.21. The fourth-order valence-electron chi connectivity index (χ4n) is 0.580. The SMILES string of the molecule is CC(Cl)/C=C(C=O)\C=C/CCl. The fraction of sp³-hybridized carbons (Fsp3) is 0.375. The lowest BCUT2D eigenvalue weighted by Gasteiger charge is -1.92. The molecular formula is C8H10Cl2O. The molecule has 0 saturated carbocycles. The van der Waals surface area contributed by atoms with Crippen molar-refractivity contribution in [1.29, 1.82) is 0 Å². The number of halogens is 2. The van der Waals surface area contributed by atoms with E-state index in [4.69, 9.17) is 23.2 Å². The molecular weight excluding hydrogens is 183 g/mol. The molecule has 0 aromatic rings. The molecule has 0 aromatic carbocycles. The standard InChI is InChI=1S/C8H10Cl2O/c1-7(10)5-8(6-11)3-2-4-9/h2-3,5-7H,4H2,1H3/b3-2-,8-5+. The van der Waals surface area contributed by atoms with Crippen molar-refractivity contribution in [3.05, 3.63) is 23.8 Å². The monoisotopic (exact) mass is 192 g/mol. The normalized spacial score (nSPS) is 15.4. The van der Waals surface area contributed by atoms with Crippen LogP contribution in [0.1, 0.15) is 6.92 Å². The molecule has 0 rings (SSSR count). The lowest BCUT2D eigenvalue weighted by molar-refractivity contribution is -0.104. The maximum atomic E-state index is 10.3. The van der Waals surface area contributed by atoms with E-state index in [2.05, 4.69) is 0 Å². The Morgan fingerprint density at radius 1 is 1.64 bits per heavy atom. The van der Waals surface area contributed by atoms with E-state index in [1.54, 1.807) is 25.2 Å². The zero-order valence-corrected chi connectivity index (χ0v) is 7.77. The van der Waals surface area contributed by atoms with Crippen molar-refractivity contribution >= 4 is 29.5 Å². The molecule has 0 bridgehead atoms. The molecule has 62 valence electrons. The molecule has 1 unspecified atom stereocenters. The van der Waals surface area contributed by atoms with Crippen LogP contribution in [0.5, 0.6) is 0 Å². The van der Waals surface area contributed by atoms with E-state index in [0.717, 1.165) is 6.29 Å². The van der Waals surface area contributed by atoms with Gasteiger partial charge >= 0.3 is 0 Å². The minimum atomic E-state index is -0.129. The van der Waals surface area contributed by atoms with Crippen LogP contribution in [0.4, 0.5) is 0 Å². The molecule has 11 heavy (non-hydrogen) atoms. The predicted octanol–water partition coefficient (Wildman–Crippen LogP) is 2.53. The maximum Gasteiger partial charge on any atom is 0.149 e. The summed E-state index contributed by atoms with van der Waals surface area (Å²) in [6.07, 6.45) is 5.76. The Labute approximate surface area is 76.7 Å². The Balaban J connectivity index is 4.16. The second kappa shape index (κ2) is 6.44. The largest absolute Gasteiger partial charge is 0.298 e. The number of hydrogen-bond donors (Lipinski definition) is 0. The molecule has 0 aliphatic heterocycles. The number of hydrogen-bond acceptors (Lipinski definition) is 1. The van der Waals surface area contributed by atoms with Crippen molar-refractivity contribution in [1.82, 2.24) is 0 Å². The van der Waals surface area contributed by atoms with Gasteiger partial charge in [0.1, 0.15) is 6.29 Å². The van der Waals surface area contributed by atoms with Crippen LogP contribution in [0.15, 0.2) is 23.8 Å². The average Bonchev–Trinajstić information content (AvgIpc) is 1.97. The summed E-state index contributed by atoms with van der Waals surface area (Å²) in [7, 11) is 0. The second-order valence-electron chi connectivity index (χ2n) is 2.02. The Morgan fingerprint density at radius 3 is 2.64 bits per heavy atom. The molecule has 1 nitrogen and oxygen atoms in total. The third-order valence-electron chi connectivity index (χ3n) is 0.958. The first kappa shape index (κ1) is 10.7. The van der Waals surface area contributed by atoms with E-state index in [0.29, 0.717) is 11.5 Å². The van der Waals surface area contributed by atoms with E-state index in [9.17, 15) is 4.79 Å². The van der Waals surface area contributed by atoms with Crippen LogP contribution in [-0.2, 0) is 4.79 Å². The molecule has 0 radical (unpaired) electrons. The third kappa shape index (κ3) is 6.14. The molecule has 0 N–H and O–H groups in total. The minimum Gasteiger partial charge on any atom is -0.298 e. The van der Waals surface area contributed by atoms with Gasteiger partial charge in [-0.1, -0.05) is 18.2 Å². The van der Waals surface area contributed by atoms with Crippen LogP contribution in [0.2, 0.25) is 0 Å². The van der Waals surface area contributed by atoms with Crippen LogP contribution in [-0.4, -0.2) is 17.5 Å². The van der Waals surface area contributed by atoms with E-state index in [1.807, 2.05) is 0 Å². The predicted molar refractivity (Wildman–Crippen MR) is 49.3 cm³/mol. The molecule has 0 spiro atoms. The zero-order valence-electron chi connectivity index (χ0n) is 6.26. The van der Waals surface area contributed by atoms with E-state index >= 15 is 0 Å². The highest BCUT2D eigenvalue weighted by Gasteiger charge is 1.92. The number of alkyl halides is 2. The lowest BCUT2D eigenvalue weighted by atomic mass is 10.2. The van der Waals surface area contributed by atoms with Crippen LogP contribution in [0, 0.1) is 0 Å². The molecule has 0 aliphatic rings. The van der Waals surface area contributed by atoms with E-state index in [1.165, 1.54) is 0 Å². The van der Waals surface area contributed by atoms with Gasteiger partial charge in [-0.05, 0) is 6.92 Å². The van der Waals surface area contributed by atoms with Gasteiger partial charge in [0.05, 0.1) is 0 Å². The summed E-state index contributed by atoms with van der Waals surface area (Å²) < 4.78 is 0. The van der Waals surface area contributed by atoms with Crippen molar-refractivity contribution in [2.24, 2.45) is 0 Å². The molecule has 0 fully saturated rings. The summed E-state index contributed by atoms with van der Waals surface area (Å²) in [6, 6.07) is 0. The molecule has 1 atom stereocenters. The van der Waals surface area contributed by atoms with Gasteiger partial charge in [0.25, 0.3) is 0 Å². The lowest BCUT2D eigenvalue weighted by Crippen LogP contribution is -1.88. The first-order valence-electron chi connectivity index (χ1n) is 3.24. The van der Waals surface area contributed by atoms with Crippen molar-refractivity contribution < 1.29 is 4.79 Å². The highest BCUT2D eigenvalue weighted by atomic mass is 35.5. The Kier molecular flexibility index (Phi) is 6.28. The maximum absolute atomic E-state index is 10.3. The topological polar surface area (TPSA) is 17.1 Å². The molecule has 0 heterocycles. The summed E-state index contributed by atoms with van der Waals surface area (Å²) in [6.45, 7) is 1.79. The highest BCUT2D eigenvalue weighted by Crippen LogP contribution is 2.01. The van der Waals surface area contributed by atoms with Gasteiger partial charge in [-0.25, -0.2) is 0 Å².